The van der Waals surface area contributed by atoms with E-state index in [1.165, 1.54) is 32.1 Å². The highest BCUT2D eigenvalue weighted by molar-refractivity contribution is 5.79. The first-order chi connectivity index (χ1) is 11.8. The Kier molecular flexibility index (Phi) is 4.28. The maximum absolute atomic E-state index is 12.8. The van der Waals surface area contributed by atoms with Gasteiger partial charge in [0.1, 0.15) is 6.33 Å². The van der Waals surface area contributed by atoms with E-state index in [4.69, 9.17) is 0 Å². The molecule has 6 nitrogen and oxygen atoms in total. The maximum Gasteiger partial charge on any atom is 0.227 e. The van der Waals surface area contributed by atoms with Crippen molar-refractivity contribution in [2.75, 3.05) is 6.54 Å². The average Bonchev–Trinajstić information content (AvgIpc) is 3.35. The van der Waals surface area contributed by atoms with Crippen molar-refractivity contribution in [2.24, 2.45) is 5.92 Å². The fraction of sp³-hybridized carbons (Fsp3) is 0.556. The summed E-state index contributed by atoms with van der Waals surface area (Å²) in [5.74, 6) is 1.01. The lowest BCUT2D eigenvalue weighted by molar-refractivity contribution is -0.132. The molecule has 2 aromatic rings. The summed E-state index contributed by atoms with van der Waals surface area (Å²) in [5.41, 5.74) is 1.95. The fourth-order valence-electron chi connectivity index (χ4n) is 4.26. The minimum atomic E-state index is 0.277. The molecule has 1 aliphatic heterocycles. The Morgan fingerprint density at radius 2 is 1.88 bits per heavy atom. The van der Waals surface area contributed by atoms with Crippen LogP contribution in [0.2, 0.25) is 0 Å². The smallest absolute Gasteiger partial charge is 0.227 e. The molecule has 1 atom stereocenters. The average molecular weight is 325 g/mol. The lowest BCUT2D eigenvalue weighted by Gasteiger charge is -2.29. The first-order valence-electron chi connectivity index (χ1n) is 8.93. The molecule has 1 saturated carbocycles. The summed E-state index contributed by atoms with van der Waals surface area (Å²) < 4.78 is 1.61. The van der Waals surface area contributed by atoms with Gasteiger partial charge in [-0.3, -0.25) is 4.79 Å². The minimum Gasteiger partial charge on any atom is -0.339 e. The van der Waals surface area contributed by atoms with Crippen molar-refractivity contribution in [2.45, 2.75) is 51.0 Å². The predicted octanol–water partition coefficient (Wildman–Crippen LogP) is 2.39. The monoisotopic (exact) mass is 325 g/mol. The minimum absolute atomic E-state index is 0.277. The van der Waals surface area contributed by atoms with Gasteiger partial charge in [0.15, 0.2) is 0 Å². The van der Waals surface area contributed by atoms with Crippen LogP contribution in [-0.4, -0.2) is 43.6 Å². The Hall–Kier alpha value is -2.24. The molecule has 24 heavy (non-hydrogen) atoms. The Labute approximate surface area is 141 Å². The van der Waals surface area contributed by atoms with Gasteiger partial charge >= 0.3 is 0 Å². The normalized spacial score (nSPS) is 21.5. The Morgan fingerprint density at radius 1 is 1.08 bits per heavy atom. The molecule has 1 amide bonds. The number of hydrogen-bond acceptors (Lipinski definition) is 4. The van der Waals surface area contributed by atoms with Gasteiger partial charge in [0, 0.05) is 12.6 Å². The summed E-state index contributed by atoms with van der Waals surface area (Å²) >= 11 is 0. The van der Waals surface area contributed by atoms with Crippen LogP contribution in [-0.2, 0) is 11.2 Å². The van der Waals surface area contributed by atoms with Crippen molar-refractivity contribution in [3.8, 4) is 5.69 Å². The topological polar surface area (TPSA) is 63.9 Å². The summed E-state index contributed by atoms with van der Waals surface area (Å²) in [4.78, 5) is 14.9. The number of carbonyl (C=O) groups excluding carboxylic acids is 1. The molecule has 6 heteroatoms. The molecule has 1 unspecified atom stereocenters. The zero-order valence-corrected chi connectivity index (χ0v) is 13.8. The number of aromatic nitrogens is 4. The molecule has 1 aromatic heterocycles. The Morgan fingerprint density at radius 3 is 2.58 bits per heavy atom. The van der Waals surface area contributed by atoms with Crippen LogP contribution < -0.4 is 0 Å². The van der Waals surface area contributed by atoms with Gasteiger partial charge in [-0.05, 0) is 59.7 Å². The van der Waals surface area contributed by atoms with E-state index in [0.29, 0.717) is 12.5 Å². The number of tetrazole rings is 1. The second-order valence-corrected chi connectivity index (χ2v) is 6.94. The molecule has 0 radical (unpaired) electrons. The number of likely N-dealkylation sites (tertiary alicyclic amines) is 1. The van der Waals surface area contributed by atoms with Crippen LogP contribution in [0.15, 0.2) is 30.6 Å². The molecular weight excluding hydrogens is 302 g/mol. The Bertz CT molecular complexity index is 676. The largest absolute Gasteiger partial charge is 0.339 e. The van der Waals surface area contributed by atoms with E-state index in [0.717, 1.165) is 30.1 Å². The molecule has 4 rings (SSSR count). The number of hydrogen-bond donors (Lipinski definition) is 0. The zero-order valence-electron chi connectivity index (χ0n) is 13.8. The standard InChI is InChI=1S/C18H23N5O/c24-18(22-11-3-6-17(22)15-4-1-2-5-15)12-14-7-9-16(10-8-14)23-13-19-20-21-23/h7-10,13,15,17H,1-6,11-12H2. The molecule has 2 fully saturated rings. The van der Waals surface area contributed by atoms with E-state index in [9.17, 15) is 4.79 Å². The number of rotatable bonds is 4. The summed E-state index contributed by atoms with van der Waals surface area (Å²) in [7, 11) is 0. The molecule has 1 saturated heterocycles. The van der Waals surface area contributed by atoms with Crippen LogP contribution in [0, 0.1) is 5.92 Å². The first kappa shape index (κ1) is 15.3. The summed E-state index contributed by atoms with van der Waals surface area (Å²) in [5, 5.41) is 11.2. The summed E-state index contributed by atoms with van der Waals surface area (Å²) in [6, 6.07) is 8.39. The third kappa shape index (κ3) is 3.05. The van der Waals surface area contributed by atoms with Crippen molar-refractivity contribution in [1.82, 2.24) is 25.1 Å². The first-order valence-corrected chi connectivity index (χ1v) is 8.93. The van der Waals surface area contributed by atoms with Gasteiger partial charge in [0.25, 0.3) is 0 Å². The molecule has 0 bridgehead atoms. The van der Waals surface area contributed by atoms with Gasteiger partial charge in [-0.2, -0.15) is 0 Å². The van der Waals surface area contributed by atoms with Gasteiger partial charge < -0.3 is 4.90 Å². The molecule has 2 aliphatic rings. The van der Waals surface area contributed by atoms with Crippen molar-refractivity contribution in [1.29, 1.82) is 0 Å². The van der Waals surface area contributed by atoms with Gasteiger partial charge in [0.2, 0.25) is 5.91 Å². The van der Waals surface area contributed by atoms with E-state index in [2.05, 4.69) is 20.4 Å². The lowest BCUT2D eigenvalue weighted by Crippen LogP contribution is -2.40. The van der Waals surface area contributed by atoms with Gasteiger partial charge in [-0.15, -0.1) is 5.10 Å². The van der Waals surface area contributed by atoms with Crippen LogP contribution in [0.5, 0.6) is 0 Å². The van der Waals surface area contributed by atoms with Crippen molar-refractivity contribution >= 4 is 5.91 Å². The van der Waals surface area contributed by atoms with E-state index in [-0.39, 0.29) is 5.91 Å². The van der Waals surface area contributed by atoms with E-state index in [1.807, 2.05) is 24.3 Å². The van der Waals surface area contributed by atoms with Gasteiger partial charge in [-0.25, -0.2) is 4.68 Å². The van der Waals surface area contributed by atoms with Gasteiger partial charge in [0.05, 0.1) is 12.1 Å². The van der Waals surface area contributed by atoms with Crippen molar-refractivity contribution in [3.05, 3.63) is 36.2 Å². The molecule has 0 N–H and O–H groups in total. The maximum atomic E-state index is 12.8. The lowest BCUT2D eigenvalue weighted by atomic mass is 9.95. The summed E-state index contributed by atoms with van der Waals surface area (Å²) in [6.07, 6.45) is 9.67. The van der Waals surface area contributed by atoms with Crippen molar-refractivity contribution < 1.29 is 4.79 Å². The molecule has 1 aromatic carbocycles. The number of amides is 1. The Balaban J connectivity index is 1.41. The molecule has 2 heterocycles. The molecule has 126 valence electrons. The van der Waals surface area contributed by atoms with E-state index in [1.54, 1.807) is 11.0 Å². The molecule has 1 aliphatic carbocycles. The van der Waals surface area contributed by atoms with Crippen LogP contribution in [0.4, 0.5) is 0 Å². The quantitative estimate of drug-likeness (QED) is 0.866. The molecule has 0 spiro atoms. The van der Waals surface area contributed by atoms with E-state index < -0.39 is 0 Å². The van der Waals surface area contributed by atoms with Crippen LogP contribution in [0.25, 0.3) is 5.69 Å². The second-order valence-electron chi connectivity index (χ2n) is 6.94. The van der Waals surface area contributed by atoms with Gasteiger partial charge in [-0.1, -0.05) is 25.0 Å². The highest BCUT2D eigenvalue weighted by Crippen LogP contribution is 2.35. The van der Waals surface area contributed by atoms with Crippen LogP contribution in [0.1, 0.15) is 44.1 Å². The third-order valence-electron chi connectivity index (χ3n) is 5.47. The highest BCUT2D eigenvalue weighted by Gasteiger charge is 2.35. The molecular formula is C18H23N5O. The zero-order chi connectivity index (χ0) is 16.4. The second kappa shape index (κ2) is 6.71. The SMILES string of the molecule is O=C(Cc1ccc(-n2cnnn2)cc1)N1CCCC1C1CCCC1. The number of carbonyl (C=O) groups is 1. The van der Waals surface area contributed by atoms with E-state index >= 15 is 0 Å². The number of nitrogens with zero attached hydrogens (tertiary/aromatic N) is 5. The fourth-order valence-corrected chi connectivity index (χ4v) is 4.26. The van der Waals surface area contributed by atoms with Crippen molar-refractivity contribution in [3.63, 3.8) is 0 Å². The summed E-state index contributed by atoms with van der Waals surface area (Å²) in [6.45, 7) is 0.933. The van der Waals surface area contributed by atoms with Crippen LogP contribution >= 0.6 is 0 Å². The van der Waals surface area contributed by atoms with Crippen LogP contribution in [0.3, 0.4) is 0 Å². The highest BCUT2D eigenvalue weighted by atomic mass is 16.2. The number of benzene rings is 1. The third-order valence-corrected chi connectivity index (χ3v) is 5.47. The predicted molar refractivity (Wildman–Crippen MR) is 89.6 cm³/mol.